The van der Waals surface area contributed by atoms with Gasteiger partial charge in [-0.1, -0.05) is 154 Å². The van der Waals surface area contributed by atoms with E-state index in [4.69, 9.17) is 14.6 Å². The fourth-order valence-electron chi connectivity index (χ4n) is 5.37. The van der Waals surface area contributed by atoms with E-state index >= 15 is 0 Å². The highest BCUT2D eigenvalue weighted by molar-refractivity contribution is 5.79. The summed E-state index contributed by atoms with van der Waals surface area (Å²) >= 11 is 0. The average Bonchev–Trinajstić information content (AvgIpc) is 3.04. The second-order valence-electron chi connectivity index (χ2n) is 12.8. The number of allylic oxidation sites excluding steroid dienone is 4. The van der Waals surface area contributed by atoms with Crippen LogP contribution in [-0.4, -0.2) is 47.6 Å². The second kappa shape index (κ2) is 35.2. The predicted octanol–water partition coefficient (Wildman–Crippen LogP) is 10.5. The minimum Gasteiger partial charge on any atom is -0.460 e. The molecule has 0 fully saturated rings. The summed E-state index contributed by atoms with van der Waals surface area (Å²) in [5.74, 6) is -1.00. The normalized spacial score (nSPS) is 13.1. The Hall–Kier alpha value is -1.66. The zero-order chi connectivity index (χ0) is 33.1. The summed E-state index contributed by atoms with van der Waals surface area (Å²) in [6.45, 7) is 3.70. The molecule has 0 aliphatic heterocycles. The van der Waals surface area contributed by atoms with Crippen molar-refractivity contribution < 1.29 is 29.3 Å². The molecule has 0 heterocycles. The molecule has 0 aromatic carbocycles. The van der Waals surface area contributed by atoms with Gasteiger partial charge in [-0.25, -0.2) is 4.79 Å². The molecule has 45 heavy (non-hydrogen) atoms. The van der Waals surface area contributed by atoms with Gasteiger partial charge in [0.05, 0.1) is 6.61 Å². The third-order valence-electron chi connectivity index (χ3n) is 8.32. The zero-order valence-electron chi connectivity index (χ0n) is 29.5. The van der Waals surface area contributed by atoms with Crippen LogP contribution in [0.3, 0.4) is 0 Å². The van der Waals surface area contributed by atoms with Crippen LogP contribution in [0.5, 0.6) is 0 Å². The van der Waals surface area contributed by atoms with E-state index in [1.165, 1.54) is 103 Å². The molecule has 2 unspecified atom stereocenters. The summed E-state index contributed by atoms with van der Waals surface area (Å²) in [5.41, 5.74) is 0. The monoisotopic (exact) mass is 637 g/mol. The Morgan fingerprint density at radius 2 is 1.04 bits per heavy atom. The molecule has 0 aliphatic rings. The van der Waals surface area contributed by atoms with Crippen molar-refractivity contribution in [2.75, 3.05) is 13.2 Å². The maximum absolute atomic E-state index is 12.6. The number of esters is 2. The number of aliphatic hydroxyl groups is 2. The summed E-state index contributed by atoms with van der Waals surface area (Å²) in [7, 11) is 0. The Labute approximate surface area is 277 Å². The molecule has 0 spiro atoms. The number of unbranched alkanes of at least 4 members (excludes halogenated alkanes) is 21. The topological polar surface area (TPSA) is 93.1 Å². The van der Waals surface area contributed by atoms with Crippen LogP contribution in [0.4, 0.5) is 0 Å². The molecule has 0 aliphatic carbocycles. The van der Waals surface area contributed by atoms with Crippen LogP contribution in [0, 0.1) is 0 Å². The number of carbonyl (C=O) groups excluding carboxylic acids is 2. The van der Waals surface area contributed by atoms with Crippen LogP contribution >= 0.6 is 0 Å². The molecular weight excluding hydrogens is 564 g/mol. The van der Waals surface area contributed by atoms with Crippen molar-refractivity contribution >= 4 is 11.9 Å². The highest BCUT2D eigenvalue weighted by atomic mass is 16.6. The van der Waals surface area contributed by atoms with E-state index < -0.39 is 24.8 Å². The summed E-state index contributed by atoms with van der Waals surface area (Å²) in [6, 6.07) is 0. The largest absolute Gasteiger partial charge is 0.460 e. The predicted molar refractivity (Wildman–Crippen MR) is 188 cm³/mol. The first-order valence-corrected chi connectivity index (χ1v) is 19.0. The molecular formula is C39H72O6. The SMILES string of the molecule is CCCCC/C=C\C/C=C\CCCCCCC(OC(=O)CCCCCCCCCCCCCCCCC)C(=O)OCC(O)CO. The molecule has 2 N–H and O–H groups in total. The summed E-state index contributed by atoms with van der Waals surface area (Å²) < 4.78 is 10.7. The van der Waals surface area contributed by atoms with Crippen molar-refractivity contribution in [2.45, 2.75) is 199 Å². The van der Waals surface area contributed by atoms with Crippen LogP contribution in [0.2, 0.25) is 0 Å². The van der Waals surface area contributed by atoms with E-state index in [1.807, 2.05) is 0 Å². The summed E-state index contributed by atoms with van der Waals surface area (Å²) in [5, 5.41) is 18.5. The quantitative estimate of drug-likeness (QED) is 0.0415. The Bertz CT molecular complexity index is 704. The average molecular weight is 637 g/mol. The van der Waals surface area contributed by atoms with Crippen molar-refractivity contribution in [2.24, 2.45) is 0 Å². The van der Waals surface area contributed by atoms with Crippen molar-refractivity contribution in [3.05, 3.63) is 24.3 Å². The third-order valence-corrected chi connectivity index (χ3v) is 8.32. The van der Waals surface area contributed by atoms with Gasteiger partial charge in [0, 0.05) is 6.42 Å². The number of ether oxygens (including phenoxy) is 2. The fraction of sp³-hybridized carbons (Fsp3) is 0.846. The molecule has 0 aromatic heterocycles. The Morgan fingerprint density at radius 1 is 0.600 bits per heavy atom. The third kappa shape index (κ3) is 32.1. The molecule has 0 amide bonds. The van der Waals surface area contributed by atoms with Gasteiger partial charge < -0.3 is 19.7 Å². The van der Waals surface area contributed by atoms with Crippen LogP contribution < -0.4 is 0 Å². The first-order chi connectivity index (χ1) is 22.0. The van der Waals surface area contributed by atoms with Gasteiger partial charge in [0.1, 0.15) is 12.7 Å². The highest BCUT2D eigenvalue weighted by Crippen LogP contribution is 2.16. The van der Waals surface area contributed by atoms with E-state index in [0.29, 0.717) is 12.8 Å². The van der Waals surface area contributed by atoms with Gasteiger partial charge in [0.15, 0.2) is 6.10 Å². The standard InChI is InChI=1S/C39H72O6/c1-3-5-7-9-11-13-15-17-19-21-23-25-27-29-31-33-38(42)45-37(39(43)44-35-36(41)34-40)32-30-28-26-24-22-20-18-16-14-12-10-8-6-4-2/h12,14,18,20,36-37,40-41H,3-11,13,15-17,19,21-35H2,1-2H3/b14-12-,20-18-. The van der Waals surface area contributed by atoms with Crippen LogP contribution in [0.15, 0.2) is 24.3 Å². The van der Waals surface area contributed by atoms with E-state index in [9.17, 15) is 14.7 Å². The van der Waals surface area contributed by atoms with Gasteiger partial charge >= 0.3 is 11.9 Å². The molecule has 0 aromatic rings. The lowest BCUT2D eigenvalue weighted by molar-refractivity contribution is -0.170. The number of hydrogen-bond acceptors (Lipinski definition) is 6. The van der Waals surface area contributed by atoms with E-state index in [-0.39, 0.29) is 12.6 Å². The summed E-state index contributed by atoms with van der Waals surface area (Å²) in [4.78, 5) is 25.1. The van der Waals surface area contributed by atoms with Gasteiger partial charge in [-0.05, 0) is 51.4 Å². The Morgan fingerprint density at radius 3 is 1.58 bits per heavy atom. The molecule has 264 valence electrons. The molecule has 0 saturated heterocycles. The highest BCUT2D eigenvalue weighted by Gasteiger charge is 2.24. The number of hydrogen-bond donors (Lipinski definition) is 2. The van der Waals surface area contributed by atoms with Gasteiger partial charge in [-0.3, -0.25) is 4.79 Å². The first kappa shape index (κ1) is 43.3. The second-order valence-corrected chi connectivity index (χ2v) is 12.8. The molecule has 0 rings (SSSR count). The van der Waals surface area contributed by atoms with Crippen molar-refractivity contribution in [3.63, 3.8) is 0 Å². The maximum atomic E-state index is 12.6. The molecule has 0 saturated carbocycles. The Balaban J connectivity index is 4.07. The number of carbonyl (C=O) groups is 2. The lowest BCUT2D eigenvalue weighted by atomic mass is 10.0. The lowest BCUT2D eigenvalue weighted by Gasteiger charge is -2.18. The molecule has 6 nitrogen and oxygen atoms in total. The minimum atomic E-state index is -1.13. The summed E-state index contributed by atoms with van der Waals surface area (Å²) in [6.07, 6.45) is 37.5. The smallest absolute Gasteiger partial charge is 0.347 e. The number of aliphatic hydroxyl groups excluding tert-OH is 2. The van der Waals surface area contributed by atoms with Crippen LogP contribution in [0.1, 0.15) is 187 Å². The van der Waals surface area contributed by atoms with Gasteiger partial charge in [0.25, 0.3) is 0 Å². The van der Waals surface area contributed by atoms with Gasteiger partial charge in [-0.15, -0.1) is 0 Å². The van der Waals surface area contributed by atoms with Crippen molar-refractivity contribution in [1.82, 2.24) is 0 Å². The molecule has 0 bridgehead atoms. The van der Waals surface area contributed by atoms with Gasteiger partial charge in [-0.2, -0.15) is 0 Å². The van der Waals surface area contributed by atoms with E-state index in [0.717, 1.165) is 57.8 Å². The van der Waals surface area contributed by atoms with Crippen LogP contribution in [-0.2, 0) is 19.1 Å². The van der Waals surface area contributed by atoms with Gasteiger partial charge in [0.2, 0.25) is 0 Å². The first-order valence-electron chi connectivity index (χ1n) is 19.0. The maximum Gasteiger partial charge on any atom is 0.347 e. The van der Waals surface area contributed by atoms with Crippen molar-refractivity contribution in [3.8, 4) is 0 Å². The van der Waals surface area contributed by atoms with E-state index in [1.54, 1.807) is 0 Å². The van der Waals surface area contributed by atoms with E-state index in [2.05, 4.69) is 38.2 Å². The molecule has 0 radical (unpaired) electrons. The van der Waals surface area contributed by atoms with Crippen molar-refractivity contribution in [1.29, 1.82) is 0 Å². The minimum absolute atomic E-state index is 0.303. The lowest BCUT2D eigenvalue weighted by Crippen LogP contribution is -2.32. The molecule has 6 heteroatoms. The Kier molecular flexibility index (Phi) is 33.9. The van der Waals surface area contributed by atoms with Crippen LogP contribution in [0.25, 0.3) is 0 Å². The number of rotatable bonds is 34. The zero-order valence-corrected chi connectivity index (χ0v) is 29.5. The molecule has 2 atom stereocenters. The fourth-order valence-corrected chi connectivity index (χ4v) is 5.37.